The predicted octanol–water partition coefficient (Wildman–Crippen LogP) is 3.22. The number of hydrogen-bond acceptors (Lipinski definition) is 3. The smallest absolute Gasteiger partial charge is 0.195 e. The molecule has 0 saturated heterocycles. The summed E-state index contributed by atoms with van der Waals surface area (Å²) in [5, 5.41) is 13.0. The third kappa shape index (κ3) is 5.90. The zero-order chi connectivity index (χ0) is 15.5. The van der Waals surface area contributed by atoms with Gasteiger partial charge in [0.1, 0.15) is 6.10 Å². The fraction of sp³-hybridized carbons (Fsp3) is 0.278. The summed E-state index contributed by atoms with van der Waals surface area (Å²) >= 11 is 0. The highest BCUT2D eigenvalue weighted by Gasteiger charge is 2.18. The van der Waals surface area contributed by atoms with Crippen LogP contribution in [-0.2, 0) is 0 Å². The maximum atomic E-state index is 11.9. The van der Waals surface area contributed by atoms with Crippen LogP contribution in [0.3, 0.4) is 0 Å². The van der Waals surface area contributed by atoms with E-state index < -0.39 is 6.10 Å². The first-order valence-electron chi connectivity index (χ1n) is 7.23. The van der Waals surface area contributed by atoms with E-state index in [-0.39, 0.29) is 5.78 Å². The Morgan fingerprint density at radius 3 is 1.86 bits per heavy atom. The van der Waals surface area contributed by atoms with Crippen molar-refractivity contribution >= 4 is 5.78 Å². The van der Waals surface area contributed by atoms with Gasteiger partial charge in [0.15, 0.2) is 5.78 Å². The van der Waals surface area contributed by atoms with Crippen molar-refractivity contribution in [3.05, 3.63) is 71.8 Å². The number of carbonyl (C=O) groups excluding carboxylic acids is 1. The third-order valence-electron chi connectivity index (χ3n) is 2.92. The molecule has 0 amide bonds. The molecule has 1 atom stereocenters. The van der Waals surface area contributed by atoms with Crippen LogP contribution in [0.25, 0.3) is 0 Å². The largest absolute Gasteiger partial charge is 0.380 e. The van der Waals surface area contributed by atoms with Crippen LogP contribution in [0.4, 0.5) is 0 Å². The second kappa shape index (κ2) is 9.86. The van der Waals surface area contributed by atoms with Gasteiger partial charge in [-0.1, -0.05) is 74.5 Å². The molecule has 0 aliphatic carbocycles. The van der Waals surface area contributed by atoms with Gasteiger partial charge in [0.05, 0.1) is 0 Å². The van der Waals surface area contributed by atoms with Crippen LogP contribution in [-0.4, -0.2) is 24.0 Å². The average molecular weight is 285 g/mol. The molecule has 3 heteroatoms. The zero-order valence-electron chi connectivity index (χ0n) is 12.6. The predicted molar refractivity (Wildman–Crippen MR) is 86.4 cm³/mol. The summed E-state index contributed by atoms with van der Waals surface area (Å²) in [6.45, 7) is 6.39. The van der Waals surface area contributed by atoms with E-state index in [4.69, 9.17) is 0 Å². The molecule has 0 bridgehead atoms. The fourth-order valence-electron chi connectivity index (χ4n) is 1.80. The minimum Gasteiger partial charge on any atom is -0.380 e. The molecule has 0 fully saturated rings. The van der Waals surface area contributed by atoms with Gasteiger partial charge < -0.3 is 10.4 Å². The fourth-order valence-corrected chi connectivity index (χ4v) is 1.80. The van der Waals surface area contributed by atoms with Gasteiger partial charge in [0, 0.05) is 5.56 Å². The molecule has 2 aromatic carbocycles. The third-order valence-corrected chi connectivity index (χ3v) is 2.92. The van der Waals surface area contributed by atoms with Gasteiger partial charge in [0.25, 0.3) is 0 Å². The van der Waals surface area contributed by atoms with Gasteiger partial charge in [-0.2, -0.15) is 0 Å². The van der Waals surface area contributed by atoms with Crippen LogP contribution < -0.4 is 5.32 Å². The molecule has 2 aromatic rings. The summed E-state index contributed by atoms with van der Waals surface area (Å²) in [6, 6.07) is 17.7. The molecule has 0 saturated carbocycles. The average Bonchev–Trinajstić information content (AvgIpc) is 2.56. The van der Waals surface area contributed by atoms with Crippen LogP contribution in [0.5, 0.6) is 0 Å². The number of rotatable bonds is 5. The van der Waals surface area contributed by atoms with Crippen molar-refractivity contribution in [3.8, 4) is 0 Å². The lowest BCUT2D eigenvalue weighted by Gasteiger charge is -2.09. The van der Waals surface area contributed by atoms with Crippen molar-refractivity contribution in [1.29, 1.82) is 0 Å². The highest BCUT2D eigenvalue weighted by molar-refractivity contribution is 5.99. The summed E-state index contributed by atoms with van der Waals surface area (Å²) in [7, 11) is 0. The molecule has 0 aromatic heterocycles. The number of ketones is 1. The number of carbonyl (C=O) groups is 1. The molecule has 21 heavy (non-hydrogen) atoms. The van der Waals surface area contributed by atoms with Gasteiger partial charge in [0.2, 0.25) is 0 Å². The van der Waals surface area contributed by atoms with Crippen LogP contribution in [0.15, 0.2) is 60.7 Å². The summed E-state index contributed by atoms with van der Waals surface area (Å²) < 4.78 is 0. The van der Waals surface area contributed by atoms with Crippen molar-refractivity contribution in [2.75, 3.05) is 13.1 Å². The monoisotopic (exact) mass is 285 g/mol. The molecule has 0 spiro atoms. The number of aliphatic hydroxyl groups excluding tert-OH is 1. The summed E-state index contributed by atoms with van der Waals surface area (Å²) in [5.41, 5.74) is 1.15. The molecule has 2 N–H and O–H groups in total. The van der Waals surface area contributed by atoms with Gasteiger partial charge in [-0.3, -0.25) is 4.79 Å². The molecule has 0 radical (unpaired) electrons. The molecular weight excluding hydrogens is 262 g/mol. The Morgan fingerprint density at radius 1 is 0.952 bits per heavy atom. The Bertz CT molecular complexity index is 509. The molecule has 2 rings (SSSR count). The number of benzene rings is 2. The zero-order valence-corrected chi connectivity index (χ0v) is 12.6. The quantitative estimate of drug-likeness (QED) is 0.829. The van der Waals surface area contributed by atoms with Gasteiger partial charge in [-0.15, -0.1) is 0 Å². The van der Waals surface area contributed by atoms with Crippen LogP contribution in [0.2, 0.25) is 0 Å². The highest BCUT2D eigenvalue weighted by atomic mass is 16.3. The summed E-state index contributed by atoms with van der Waals surface area (Å²) in [5.74, 6) is -0.271. The van der Waals surface area contributed by atoms with Gasteiger partial charge in [-0.05, 0) is 18.7 Å². The van der Waals surface area contributed by atoms with E-state index >= 15 is 0 Å². The minimum absolute atomic E-state index is 0.271. The Labute approximate surface area is 126 Å². The van der Waals surface area contributed by atoms with Crippen LogP contribution in [0.1, 0.15) is 35.9 Å². The maximum Gasteiger partial charge on any atom is 0.195 e. The molecular formula is C18H23NO2. The first kappa shape index (κ1) is 17.1. The lowest BCUT2D eigenvalue weighted by Crippen LogP contribution is -2.11. The first-order chi connectivity index (χ1) is 10.2. The normalized spacial score (nSPS) is 11.2. The first-order valence-corrected chi connectivity index (χ1v) is 7.23. The Balaban J connectivity index is 0.000000383. The van der Waals surface area contributed by atoms with Crippen molar-refractivity contribution in [1.82, 2.24) is 5.32 Å². The molecule has 1 unspecified atom stereocenters. The van der Waals surface area contributed by atoms with Crippen molar-refractivity contribution in [2.45, 2.75) is 20.0 Å². The maximum absolute atomic E-state index is 11.9. The number of hydrogen-bond donors (Lipinski definition) is 2. The molecule has 0 aliphatic heterocycles. The van der Waals surface area contributed by atoms with E-state index in [9.17, 15) is 9.90 Å². The topological polar surface area (TPSA) is 49.3 Å². The number of Topliss-reactive ketones (excluding diaryl/α,β-unsaturated/α-hetero) is 1. The Hall–Kier alpha value is -1.97. The van der Waals surface area contributed by atoms with E-state index in [1.807, 2.05) is 12.1 Å². The number of nitrogens with one attached hydrogen (secondary N) is 1. The molecule has 112 valence electrons. The van der Waals surface area contributed by atoms with E-state index in [0.29, 0.717) is 11.1 Å². The van der Waals surface area contributed by atoms with E-state index in [0.717, 1.165) is 13.1 Å². The highest BCUT2D eigenvalue weighted by Crippen LogP contribution is 2.17. The van der Waals surface area contributed by atoms with E-state index in [1.54, 1.807) is 48.5 Å². The molecule has 3 nitrogen and oxygen atoms in total. The lowest BCUT2D eigenvalue weighted by molar-refractivity contribution is 0.0747. The lowest BCUT2D eigenvalue weighted by atomic mass is 10.0. The SMILES string of the molecule is CCNCC.O=C(c1ccccc1)C(O)c1ccccc1. The van der Waals surface area contributed by atoms with E-state index in [2.05, 4.69) is 19.2 Å². The van der Waals surface area contributed by atoms with Gasteiger partial charge >= 0.3 is 0 Å². The van der Waals surface area contributed by atoms with Gasteiger partial charge in [-0.25, -0.2) is 0 Å². The number of aliphatic hydroxyl groups is 1. The van der Waals surface area contributed by atoms with Crippen LogP contribution >= 0.6 is 0 Å². The molecule has 0 aliphatic rings. The summed E-state index contributed by atoms with van der Waals surface area (Å²) in [4.78, 5) is 11.9. The standard InChI is InChI=1S/C14H12O2.C4H11N/c15-13(11-7-3-1-4-8-11)14(16)12-9-5-2-6-10-12;1-3-5-4-2/h1-10,13,15H;5H,3-4H2,1-2H3. The second-order valence-corrected chi connectivity index (χ2v) is 4.50. The van der Waals surface area contributed by atoms with Crippen molar-refractivity contribution < 1.29 is 9.90 Å². The molecule has 0 heterocycles. The minimum atomic E-state index is -1.08. The summed E-state index contributed by atoms with van der Waals surface area (Å²) in [6.07, 6.45) is -1.08. The van der Waals surface area contributed by atoms with Crippen LogP contribution in [0, 0.1) is 0 Å². The Morgan fingerprint density at radius 2 is 1.43 bits per heavy atom. The van der Waals surface area contributed by atoms with E-state index in [1.165, 1.54) is 0 Å². The van der Waals surface area contributed by atoms with Crippen molar-refractivity contribution in [3.63, 3.8) is 0 Å². The second-order valence-electron chi connectivity index (χ2n) is 4.50. The van der Waals surface area contributed by atoms with Crippen molar-refractivity contribution in [2.24, 2.45) is 0 Å². The Kier molecular flexibility index (Phi) is 8.02.